The van der Waals surface area contributed by atoms with Crippen molar-refractivity contribution in [2.75, 3.05) is 19.7 Å². The van der Waals surface area contributed by atoms with Crippen LogP contribution in [0.15, 0.2) is 72.3 Å². The van der Waals surface area contributed by atoms with Gasteiger partial charge in [-0.1, -0.05) is 80.1 Å². The molecule has 2 aromatic carbocycles. The Morgan fingerprint density at radius 3 is 2.44 bits per heavy atom. The number of allylic oxidation sites excluding steroid dienone is 4. The molecule has 3 fully saturated rings. The van der Waals surface area contributed by atoms with E-state index in [9.17, 15) is 25.2 Å². The summed E-state index contributed by atoms with van der Waals surface area (Å²) >= 11 is 6.45. The number of aliphatic hydroxyl groups is 4. The molecule has 9 atom stereocenters. The predicted octanol–water partition coefficient (Wildman–Crippen LogP) is 6.04. The molecule has 6 nitrogen and oxygen atoms in total. The highest BCUT2D eigenvalue weighted by Gasteiger charge is 2.74. The molecule has 0 aromatic heterocycles. The molecule has 3 saturated carbocycles. The summed E-state index contributed by atoms with van der Waals surface area (Å²) < 4.78 is 15.1. The second-order valence-electron chi connectivity index (χ2n) is 16.1. The molecule has 8 rings (SSSR count). The highest BCUT2D eigenvalue weighted by molar-refractivity contribution is 6.31. The molecular formula is C40H49ClFNO5. The highest BCUT2D eigenvalue weighted by Crippen LogP contribution is 2.78. The van der Waals surface area contributed by atoms with E-state index in [1.165, 1.54) is 6.07 Å². The van der Waals surface area contributed by atoms with Crippen LogP contribution in [0, 0.1) is 39.3 Å². The molecule has 6 aliphatic carbocycles. The minimum absolute atomic E-state index is 0.0559. The normalized spacial score (nSPS) is 38.7. The smallest absolute Gasteiger partial charge is 0.164 e. The van der Waals surface area contributed by atoms with Gasteiger partial charge in [0.1, 0.15) is 5.82 Å². The van der Waals surface area contributed by atoms with Crippen molar-refractivity contribution in [3.05, 3.63) is 94.3 Å². The van der Waals surface area contributed by atoms with Gasteiger partial charge in [0.05, 0.1) is 24.4 Å². The van der Waals surface area contributed by atoms with Gasteiger partial charge >= 0.3 is 0 Å². The number of hydrogen-bond acceptors (Lipinski definition) is 6. The summed E-state index contributed by atoms with van der Waals surface area (Å²) in [5.74, 6) is -0.570. The molecule has 0 aliphatic heterocycles. The van der Waals surface area contributed by atoms with E-state index in [1.54, 1.807) is 12.1 Å². The lowest BCUT2D eigenvalue weighted by Gasteiger charge is -2.71. The molecule has 2 bridgehead atoms. The third-order valence-corrected chi connectivity index (χ3v) is 14.2. The summed E-state index contributed by atoms with van der Waals surface area (Å²) in [5.41, 5.74) is -1.03. The Kier molecular flexibility index (Phi) is 8.62. The SMILES string of the molecule is CC12CCC(O)CC13C=CC1(C(C(=O)Cc4c(F)cccc4Cl)=C3)C2CCC2(C)C1CCC2(O)CN(Cc1ccccc1)CC(O)CO. The lowest BCUT2D eigenvalue weighted by molar-refractivity contribution is -0.180. The van der Waals surface area contributed by atoms with E-state index in [-0.39, 0.29) is 53.2 Å². The quantitative estimate of drug-likeness (QED) is 0.229. The minimum atomic E-state index is -1.12. The summed E-state index contributed by atoms with van der Waals surface area (Å²) in [7, 11) is 0. The molecule has 2 spiro atoms. The maximum atomic E-state index is 15.1. The van der Waals surface area contributed by atoms with Gasteiger partial charge in [0.15, 0.2) is 5.78 Å². The molecule has 0 amide bonds. The minimum Gasteiger partial charge on any atom is -0.394 e. The van der Waals surface area contributed by atoms with E-state index in [4.69, 9.17) is 11.6 Å². The van der Waals surface area contributed by atoms with Crippen LogP contribution in [-0.4, -0.2) is 68.6 Å². The van der Waals surface area contributed by atoms with Crippen molar-refractivity contribution in [1.29, 1.82) is 0 Å². The average molecular weight is 678 g/mol. The third kappa shape index (κ3) is 5.02. The van der Waals surface area contributed by atoms with Crippen LogP contribution in [-0.2, 0) is 17.8 Å². The van der Waals surface area contributed by atoms with Crippen molar-refractivity contribution in [2.24, 2.45) is 33.5 Å². The van der Waals surface area contributed by atoms with Crippen LogP contribution < -0.4 is 0 Å². The summed E-state index contributed by atoms with van der Waals surface area (Å²) in [6, 6.07) is 14.5. The molecule has 2 aromatic rings. The number of halogens is 2. The number of carbonyl (C=O) groups excluding carboxylic acids is 1. The Balaban J connectivity index is 1.29. The van der Waals surface area contributed by atoms with Crippen LogP contribution in [0.5, 0.6) is 0 Å². The standard InChI is InChI=1S/C40H49ClFNO5/c1-36-14-11-27(45)20-38(36)17-18-40(30(21-38)33(47)19-29-31(41)9-6-10-32(29)42)34(36)12-15-37(2)35(40)13-16-39(37,48)25-43(23-28(46)24-44)22-26-7-4-3-5-8-26/h3-10,17-18,21,27-28,34-35,44-46,48H,11-16,19-20,22-25H2,1-2H3. The van der Waals surface area contributed by atoms with E-state index < -0.39 is 39.9 Å². The predicted molar refractivity (Wildman–Crippen MR) is 183 cm³/mol. The molecule has 6 aliphatic rings. The fraction of sp³-hybridized carbons (Fsp3) is 0.575. The molecule has 0 radical (unpaired) electrons. The van der Waals surface area contributed by atoms with Gasteiger partial charge in [-0.15, -0.1) is 0 Å². The molecule has 0 saturated heterocycles. The zero-order valence-corrected chi connectivity index (χ0v) is 28.8. The zero-order valence-electron chi connectivity index (χ0n) is 28.0. The third-order valence-electron chi connectivity index (χ3n) is 13.8. The maximum Gasteiger partial charge on any atom is 0.164 e. The van der Waals surface area contributed by atoms with E-state index in [0.717, 1.165) is 24.8 Å². The van der Waals surface area contributed by atoms with E-state index in [1.807, 2.05) is 30.3 Å². The molecule has 0 heterocycles. The molecule has 9 unspecified atom stereocenters. The van der Waals surface area contributed by atoms with Gasteiger partial charge in [0, 0.05) is 58.5 Å². The first kappa shape index (κ1) is 34.1. The summed E-state index contributed by atoms with van der Waals surface area (Å²) in [6.45, 7) is 5.22. The first-order valence-corrected chi connectivity index (χ1v) is 18.0. The van der Waals surface area contributed by atoms with Crippen LogP contribution in [0.3, 0.4) is 0 Å². The number of fused-ring (bicyclic) bond motifs is 1. The van der Waals surface area contributed by atoms with Crippen molar-refractivity contribution < 1.29 is 29.6 Å². The van der Waals surface area contributed by atoms with Crippen LogP contribution in [0.2, 0.25) is 5.02 Å². The monoisotopic (exact) mass is 677 g/mol. The average Bonchev–Trinajstić information content (AvgIpc) is 3.32. The number of benzene rings is 2. The van der Waals surface area contributed by atoms with Gasteiger partial charge in [-0.05, 0) is 79.9 Å². The number of aliphatic hydroxyl groups excluding tert-OH is 3. The van der Waals surface area contributed by atoms with E-state index in [0.29, 0.717) is 44.3 Å². The summed E-state index contributed by atoms with van der Waals surface area (Å²) in [4.78, 5) is 16.7. The van der Waals surface area contributed by atoms with Crippen molar-refractivity contribution in [3.63, 3.8) is 0 Å². The number of carbonyl (C=O) groups is 1. The number of rotatable bonds is 10. The highest BCUT2D eigenvalue weighted by atomic mass is 35.5. The fourth-order valence-electron chi connectivity index (χ4n) is 11.4. The molecule has 4 N–H and O–H groups in total. The fourth-order valence-corrected chi connectivity index (χ4v) is 11.6. The van der Waals surface area contributed by atoms with E-state index >= 15 is 4.39 Å². The molecule has 48 heavy (non-hydrogen) atoms. The molecular weight excluding hydrogens is 629 g/mol. The first-order chi connectivity index (χ1) is 22.8. The van der Waals surface area contributed by atoms with Gasteiger partial charge in [-0.3, -0.25) is 9.69 Å². The molecule has 8 heteroatoms. The number of nitrogens with zero attached hydrogens (tertiary/aromatic N) is 1. The summed E-state index contributed by atoms with van der Waals surface area (Å²) in [6.07, 6.45) is 10.1. The van der Waals surface area contributed by atoms with Crippen LogP contribution >= 0.6 is 11.6 Å². The maximum absolute atomic E-state index is 15.1. The Hall–Kier alpha value is -2.39. The Morgan fingerprint density at radius 1 is 1.00 bits per heavy atom. The second kappa shape index (κ2) is 12.1. The van der Waals surface area contributed by atoms with Crippen molar-refractivity contribution in [1.82, 2.24) is 4.90 Å². The van der Waals surface area contributed by atoms with Gasteiger partial charge in [-0.25, -0.2) is 4.39 Å². The lowest BCUT2D eigenvalue weighted by Crippen LogP contribution is -2.67. The van der Waals surface area contributed by atoms with Gasteiger partial charge in [0.25, 0.3) is 0 Å². The Bertz CT molecular complexity index is 1610. The Labute approximate surface area is 288 Å². The Morgan fingerprint density at radius 2 is 1.71 bits per heavy atom. The number of ketones is 1. The number of Topliss-reactive ketones (excluding diaryl/α,β-unsaturated/α-hetero) is 1. The van der Waals surface area contributed by atoms with Crippen LogP contribution in [0.25, 0.3) is 0 Å². The van der Waals surface area contributed by atoms with Crippen LogP contribution in [0.4, 0.5) is 4.39 Å². The first-order valence-electron chi connectivity index (χ1n) is 17.7. The van der Waals surface area contributed by atoms with Crippen molar-refractivity contribution >= 4 is 17.4 Å². The number of hydrogen-bond donors (Lipinski definition) is 4. The van der Waals surface area contributed by atoms with E-state index in [2.05, 4.69) is 37.0 Å². The summed E-state index contributed by atoms with van der Waals surface area (Å²) in [5, 5.41) is 44.3. The van der Waals surface area contributed by atoms with Gasteiger partial charge in [0.2, 0.25) is 0 Å². The topological polar surface area (TPSA) is 101 Å². The van der Waals surface area contributed by atoms with Crippen molar-refractivity contribution in [2.45, 2.75) is 89.6 Å². The van der Waals surface area contributed by atoms with Crippen molar-refractivity contribution in [3.8, 4) is 0 Å². The largest absolute Gasteiger partial charge is 0.394 e. The van der Waals surface area contributed by atoms with Gasteiger partial charge in [-0.2, -0.15) is 0 Å². The molecule has 258 valence electrons. The second-order valence-corrected chi connectivity index (χ2v) is 16.5. The lowest BCUT2D eigenvalue weighted by atomic mass is 9.32. The van der Waals surface area contributed by atoms with Gasteiger partial charge < -0.3 is 20.4 Å². The zero-order chi connectivity index (χ0) is 34.1. The van der Waals surface area contributed by atoms with Crippen LogP contribution in [0.1, 0.15) is 69.9 Å².